The molecule has 0 radical (unpaired) electrons. The molecule has 0 aromatic rings. The summed E-state index contributed by atoms with van der Waals surface area (Å²) >= 11 is 0. The summed E-state index contributed by atoms with van der Waals surface area (Å²) < 4.78 is 13.2. The highest BCUT2D eigenvalue weighted by atomic mass is 19.1. The lowest BCUT2D eigenvalue weighted by Gasteiger charge is -2.18. The smallest absolute Gasteiger partial charge is 0.115 e. The van der Waals surface area contributed by atoms with Crippen molar-refractivity contribution < 1.29 is 4.39 Å². The normalized spacial score (nSPS) is 33.3. The van der Waals surface area contributed by atoms with Gasteiger partial charge in [-0.25, -0.2) is 4.39 Å². The Bertz CT molecular complexity index is 106. The summed E-state index contributed by atoms with van der Waals surface area (Å²) in [6, 6.07) is 0.141. The minimum absolute atomic E-state index is 0.141. The van der Waals surface area contributed by atoms with E-state index in [9.17, 15) is 4.39 Å². The van der Waals surface area contributed by atoms with Crippen LogP contribution in [0.25, 0.3) is 0 Å². The third kappa shape index (κ3) is 2.78. The van der Waals surface area contributed by atoms with E-state index >= 15 is 0 Å². The predicted octanol–water partition coefficient (Wildman–Crippen LogP) is 2.27. The van der Waals surface area contributed by atoms with Crippen molar-refractivity contribution in [2.75, 3.05) is 6.54 Å². The molecular weight excluding hydrogens is 141 g/mol. The molecule has 2 heteroatoms. The molecule has 66 valence electrons. The Kier molecular flexibility index (Phi) is 3.84. The van der Waals surface area contributed by atoms with Gasteiger partial charge in [-0.15, -0.1) is 0 Å². The largest absolute Gasteiger partial charge is 0.311 e. The van der Waals surface area contributed by atoms with E-state index in [1.165, 1.54) is 12.8 Å². The zero-order valence-corrected chi connectivity index (χ0v) is 7.28. The molecule has 2 unspecified atom stereocenters. The van der Waals surface area contributed by atoms with E-state index in [2.05, 4.69) is 5.32 Å². The molecular formula is C9H18FN. The Labute approximate surface area is 68.4 Å². The van der Waals surface area contributed by atoms with Gasteiger partial charge in [0.05, 0.1) is 0 Å². The molecule has 1 fully saturated rings. The van der Waals surface area contributed by atoms with Crippen LogP contribution in [0.3, 0.4) is 0 Å². The van der Waals surface area contributed by atoms with E-state index in [-0.39, 0.29) is 6.04 Å². The van der Waals surface area contributed by atoms with Gasteiger partial charge in [0, 0.05) is 6.04 Å². The van der Waals surface area contributed by atoms with Gasteiger partial charge in [-0.1, -0.05) is 26.2 Å². The van der Waals surface area contributed by atoms with Gasteiger partial charge in [0.2, 0.25) is 0 Å². The summed E-state index contributed by atoms with van der Waals surface area (Å²) in [6.07, 6.45) is 4.66. The summed E-state index contributed by atoms with van der Waals surface area (Å²) in [7, 11) is 0. The van der Waals surface area contributed by atoms with E-state index in [4.69, 9.17) is 0 Å². The monoisotopic (exact) mass is 159 g/mol. The molecule has 0 aliphatic heterocycles. The van der Waals surface area contributed by atoms with Gasteiger partial charge >= 0.3 is 0 Å². The summed E-state index contributed by atoms with van der Waals surface area (Å²) in [4.78, 5) is 0. The lowest BCUT2D eigenvalue weighted by atomic mass is 10.1. The number of hydrogen-bond acceptors (Lipinski definition) is 1. The van der Waals surface area contributed by atoms with Gasteiger partial charge in [0.1, 0.15) is 6.17 Å². The van der Waals surface area contributed by atoms with Crippen molar-refractivity contribution in [3.8, 4) is 0 Å². The molecule has 11 heavy (non-hydrogen) atoms. The first kappa shape index (κ1) is 8.98. The minimum Gasteiger partial charge on any atom is -0.311 e. The number of nitrogens with one attached hydrogen (secondary N) is 1. The summed E-state index contributed by atoms with van der Waals surface area (Å²) in [6.45, 7) is 2.93. The summed E-state index contributed by atoms with van der Waals surface area (Å²) in [5.41, 5.74) is 0. The predicted molar refractivity (Wildman–Crippen MR) is 45.4 cm³/mol. The van der Waals surface area contributed by atoms with Gasteiger partial charge < -0.3 is 5.32 Å². The molecule has 0 saturated heterocycles. The molecule has 0 amide bonds. The maximum Gasteiger partial charge on any atom is 0.115 e. The zero-order valence-electron chi connectivity index (χ0n) is 7.28. The fourth-order valence-electron chi connectivity index (χ4n) is 1.75. The Morgan fingerprint density at radius 1 is 1.27 bits per heavy atom. The molecule has 1 aliphatic carbocycles. The van der Waals surface area contributed by atoms with E-state index in [0.29, 0.717) is 0 Å². The highest BCUT2D eigenvalue weighted by Crippen LogP contribution is 2.20. The molecule has 1 rings (SSSR count). The fourth-order valence-corrected chi connectivity index (χ4v) is 1.75. The van der Waals surface area contributed by atoms with Gasteiger partial charge in [-0.3, -0.25) is 0 Å². The van der Waals surface area contributed by atoms with Crippen LogP contribution in [0.5, 0.6) is 0 Å². The third-order valence-corrected chi connectivity index (χ3v) is 2.40. The molecule has 0 aromatic heterocycles. The Morgan fingerprint density at radius 2 is 2.00 bits per heavy atom. The topological polar surface area (TPSA) is 12.0 Å². The van der Waals surface area contributed by atoms with Gasteiger partial charge in [-0.2, -0.15) is 0 Å². The Balaban J connectivity index is 2.32. The Hall–Kier alpha value is -0.110. The van der Waals surface area contributed by atoms with E-state index in [1.54, 1.807) is 0 Å². The van der Waals surface area contributed by atoms with Crippen LogP contribution in [0, 0.1) is 0 Å². The first-order valence-corrected chi connectivity index (χ1v) is 4.72. The molecule has 1 N–H and O–H groups in total. The first-order chi connectivity index (χ1) is 5.34. The molecule has 1 nitrogen and oxygen atoms in total. The van der Waals surface area contributed by atoms with Crippen molar-refractivity contribution in [3.05, 3.63) is 0 Å². The summed E-state index contributed by atoms with van der Waals surface area (Å²) in [5, 5.41) is 3.20. The number of rotatable bonds is 2. The second-order valence-electron chi connectivity index (χ2n) is 3.32. The van der Waals surface area contributed by atoms with E-state index in [0.717, 1.165) is 25.8 Å². The minimum atomic E-state index is -0.600. The Morgan fingerprint density at radius 3 is 2.73 bits per heavy atom. The molecule has 1 aliphatic rings. The molecule has 0 heterocycles. The van der Waals surface area contributed by atoms with Crippen LogP contribution in [-0.2, 0) is 0 Å². The first-order valence-electron chi connectivity index (χ1n) is 4.72. The van der Waals surface area contributed by atoms with Crippen molar-refractivity contribution in [1.29, 1.82) is 0 Å². The van der Waals surface area contributed by atoms with Crippen LogP contribution in [0.1, 0.15) is 39.0 Å². The fraction of sp³-hybridized carbons (Fsp3) is 1.00. The maximum atomic E-state index is 13.2. The van der Waals surface area contributed by atoms with Crippen LogP contribution in [0.2, 0.25) is 0 Å². The molecule has 1 saturated carbocycles. The average Bonchev–Trinajstić information content (AvgIpc) is 2.18. The molecule has 0 spiro atoms. The van der Waals surface area contributed by atoms with E-state index in [1.807, 2.05) is 6.92 Å². The number of halogens is 1. The van der Waals surface area contributed by atoms with E-state index < -0.39 is 6.17 Å². The van der Waals surface area contributed by atoms with Crippen molar-refractivity contribution in [1.82, 2.24) is 5.32 Å². The van der Waals surface area contributed by atoms with Crippen molar-refractivity contribution >= 4 is 0 Å². The van der Waals surface area contributed by atoms with Gasteiger partial charge in [0.15, 0.2) is 0 Å². The molecule has 0 bridgehead atoms. The van der Waals surface area contributed by atoms with Gasteiger partial charge in [0.25, 0.3) is 0 Å². The number of alkyl halides is 1. The molecule has 2 atom stereocenters. The quantitative estimate of drug-likeness (QED) is 0.609. The lowest BCUT2D eigenvalue weighted by Crippen LogP contribution is -2.36. The average molecular weight is 159 g/mol. The van der Waals surface area contributed by atoms with Crippen LogP contribution in [0.15, 0.2) is 0 Å². The van der Waals surface area contributed by atoms with Crippen LogP contribution >= 0.6 is 0 Å². The second kappa shape index (κ2) is 4.70. The highest BCUT2D eigenvalue weighted by Gasteiger charge is 2.21. The molecule has 0 aromatic carbocycles. The highest BCUT2D eigenvalue weighted by molar-refractivity contribution is 4.78. The van der Waals surface area contributed by atoms with Crippen LogP contribution in [0.4, 0.5) is 4.39 Å². The maximum absolute atomic E-state index is 13.2. The SMILES string of the molecule is CCNC1CCCCCC1F. The summed E-state index contributed by atoms with van der Waals surface area (Å²) in [5.74, 6) is 0. The van der Waals surface area contributed by atoms with Crippen molar-refractivity contribution in [2.45, 2.75) is 51.2 Å². The zero-order chi connectivity index (χ0) is 8.10. The lowest BCUT2D eigenvalue weighted by molar-refractivity contribution is 0.238. The van der Waals surface area contributed by atoms with Crippen molar-refractivity contribution in [2.24, 2.45) is 0 Å². The standard InChI is InChI=1S/C9H18FN/c1-2-11-9-7-5-3-4-6-8(9)10/h8-9,11H,2-7H2,1H3. The van der Waals surface area contributed by atoms with Gasteiger partial charge in [-0.05, 0) is 19.4 Å². The number of hydrogen-bond donors (Lipinski definition) is 1. The van der Waals surface area contributed by atoms with Crippen LogP contribution in [-0.4, -0.2) is 18.8 Å². The second-order valence-corrected chi connectivity index (χ2v) is 3.32. The van der Waals surface area contributed by atoms with Crippen LogP contribution < -0.4 is 5.32 Å². The van der Waals surface area contributed by atoms with Crippen molar-refractivity contribution in [3.63, 3.8) is 0 Å². The third-order valence-electron chi connectivity index (χ3n) is 2.40.